The van der Waals surface area contributed by atoms with Crippen LogP contribution < -0.4 is 10.7 Å². The molecule has 0 fully saturated rings. The number of alkyl halides is 3. The van der Waals surface area contributed by atoms with Gasteiger partial charge in [0, 0.05) is 21.9 Å². The summed E-state index contributed by atoms with van der Waals surface area (Å²) in [4.78, 5) is 24.7. The Labute approximate surface area is 165 Å². The maximum atomic E-state index is 13.0. The van der Waals surface area contributed by atoms with Crippen molar-refractivity contribution in [3.63, 3.8) is 0 Å². The molecular weight excluding hydrogens is 439 g/mol. The molecule has 3 rings (SSSR count). The molecule has 1 amide bonds. The standard InChI is InChI=1S/C19H13BrF3N3O2/c1-11-9-16(27)17(18(28)24-14-7-5-13(20)6-8-14)25-26(11)15-4-2-3-12(10-15)19(21,22)23/h2-10H,1H3,(H,24,28). The first kappa shape index (κ1) is 19.8. The van der Waals surface area contributed by atoms with Crippen molar-refractivity contribution in [3.05, 3.63) is 86.2 Å². The van der Waals surface area contributed by atoms with E-state index in [1.807, 2.05) is 0 Å². The van der Waals surface area contributed by atoms with Gasteiger partial charge in [-0.3, -0.25) is 9.59 Å². The van der Waals surface area contributed by atoms with Gasteiger partial charge < -0.3 is 5.32 Å². The Balaban J connectivity index is 2.00. The van der Waals surface area contributed by atoms with Crippen LogP contribution in [0.3, 0.4) is 0 Å². The lowest BCUT2D eigenvalue weighted by Crippen LogP contribution is -2.27. The van der Waals surface area contributed by atoms with Gasteiger partial charge in [0.15, 0.2) is 5.69 Å². The molecular formula is C19H13BrF3N3O2. The van der Waals surface area contributed by atoms with E-state index in [0.717, 1.165) is 27.4 Å². The first-order valence-electron chi connectivity index (χ1n) is 8.01. The number of aromatic nitrogens is 2. The Bertz CT molecular complexity index is 1090. The molecule has 0 aliphatic rings. The highest BCUT2D eigenvalue weighted by atomic mass is 79.9. The predicted octanol–water partition coefficient (Wildman–Crippen LogP) is 4.57. The topological polar surface area (TPSA) is 64.0 Å². The first-order chi connectivity index (χ1) is 13.1. The summed E-state index contributed by atoms with van der Waals surface area (Å²) in [7, 11) is 0. The molecule has 5 nitrogen and oxygen atoms in total. The summed E-state index contributed by atoms with van der Waals surface area (Å²) in [5, 5.41) is 6.54. The van der Waals surface area contributed by atoms with Gasteiger partial charge in [-0.25, -0.2) is 4.68 Å². The minimum absolute atomic E-state index is 0.0880. The van der Waals surface area contributed by atoms with Gasteiger partial charge in [-0.1, -0.05) is 22.0 Å². The van der Waals surface area contributed by atoms with Crippen LogP contribution >= 0.6 is 15.9 Å². The molecule has 1 aromatic heterocycles. The molecule has 9 heteroatoms. The normalized spacial score (nSPS) is 11.3. The third-order valence-corrected chi connectivity index (χ3v) is 4.37. The zero-order valence-electron chi connectivity index (χ0n) is 14.4. The quantitative estimate of drug-likeness (QED) is 0.633. The number of hydrogen-bond donors (Lipinski definition) is 1. The van der Waals surface area contributed by atoms with E-state index in [4.69, 9.17) is 0 Å². The van der Waals surface area contributed by atoms with Crippen molar-refractivity contribution in [2.75, 3.05) is 5.32 Å². The van der Waals surface area contributed by atoms with Gasteiger partial charge in [0.25, 0.3) is 5.91 Å². The zero-order chi connectivity index (χ0) is 20.5. The third-order valence-electron chi connectivity index (χ3n) is 3.84. The van der Waals surface area contributed by atoms with Crippen molar-refractivity contribution in [2.45, 2.75) is 13.1 Å². The van der Waals surface area contributed by atoms with E-state index in [2.05, 4.69) is 26.3 Å². The number of amides is 1. The van der Waals surface area contributed by atoms with Crippen LogP contribution in [0.4, 0.5) is 18.9 Å². The maximum absolute atomic E-state index is 13.0. The highest BCUT2D eigenvalue weighted by molar-refractivity contribution is 9.10. The summed E-state index contributed by atoms with van der Waals surface area (Å²) in [5.74, 6) is -0.756. The smallest absolute Gasteiger partial charge is 0.320 e. The van der Waals surface area contributed by atoms with Crippen molar-refractivity contribution in [3.8, 4) is 5.69 Å². The highest BCUT2D eigenvalue weighted by Gasteiger charge is 2.30. The fourth-order valence-electron chi connectivity index (χ4n) is 2.50. The number of carbonyl (C=O) groups is 1. The van der Waals surface area contributed by atoms with Crippen molar-refractivity contribution >= 4 is 27.5 Å². The van der Waals surface area contributed by atoms with E-state index >= 15 is 0 Å². The molecule has 0 atom stereocenters. The molecule has 0 spiro atoms. The molecule has 0 unspecified atom stereocenters. The fraction of sp³-hybridized carbons (Fsp3) is 0.105. The summed E-state index contributed by atoms with van der Waals surface area (Å²) >= 11 is 3.27. The minimum atomic E-state index is -4.52. The molecule has 0 aliphatic carbocycles. The molecule has 0 saturated carbocycles. The van der Waals surface area contributed by atoms with E-state index in [1.54, 1.807) is 24.3 Å². The summed E-state index contributed by atoms with van der Waals surface area (Å²) in [6, 6.07) is 12.3. The number of rotatable bonds is 3. The number of nitrogens with zero attached hydrogens (tertiary/aromatic N) is 2. The number of hydrogen-bond acceptors (Lipinski definition) is 3. The summed E-state index contributed by atoms with van der Waals surface area (Å²) in [6.45, 7) is 1.52. The number of aryl methyl sites for hydroxylation is 1. The van der Waals surface area contributed by atoms with Crippen LogP contribution in [-0.2, 0) is 6.18 Å². The van der Waals surface area contributed by atoms with Crippen LogP contribution in [0.15, 0.2) is 63.9 Å². The SMILES string of the molecule is Cc1cc(=O)c(C(=O)Nc2ccc(Br)cc2)nn1-c1cccc(C(F)(F)F)c1. The van der Waals surface area contributed by atoms with Crippen LogP contribution in [0.2, 0.25) is 0 Å². The summed E-state index contributed by atoms with van der Waals surface area (Å²) in [6.07, 6.45) is -4.52. The van der Waals surface area contributed by atoms with Crippen LogP contribution in [-0.4, -0.2) is 15.7 Å². The third kappa shape index (κ3) is 4.30. The molecule has 1 heterocycles. The molecule has 0 bridgehead atoms. The average molecular weight is 452 g/mol. The lowest BCUT2D eigenvalue weighted by atomic mass is 10.2. The van der Waals surface area contributed by atoms with Crippen LogP contribution in [0.1, 0.15) is 21.7 Å². The van der Waals surface area contributed by atoms with Gasteiger partial charge in [0.2, 0.25) is 5.43 Å². The molecule has 0 saturated heterocycles. The molecule has 28 heavy (non-hydrogen) atoms. The Morgan fingerprint density at radius 2 is 1.79 bits per heavy atom. The Morgan fingerprint density at radius 3 is 2.43 bits per heavy atom. The number of halogens is 4. The number of anilines is 1. The lowest BCUT2D eigenvalue weighted by Gasteiger charge is -2.13. The predicted molar refractivity (Wildman–Crippen MR) is 102 cm³/mol. The Kier molecular flexibility index (Phi) is 5.37. The lowest BCUT2D eigenvalue weighted by molar-refractivity contribution is -0.137. The number of nitrogens with one attached hydrogen (secondary N) is 1. The molecule has 2 aromatic carbocycles. The largest absolute Gasteiger partial charge is 0.416 e. The van der Waals surface area contributed by atoms with Crippen molar-refractivity contribution in [1.82, 2.24) is 9.78 Å². The second kappa shape index (κ2) is 7.59. The van der Waals surface area contributed by atoms with Crippen LogP contribution in [0, 0.1) is 6.92 Å². The summed E-state index contributed by atoms with van der Waals surface area (Å²) < 4.78 is 40.9. The van der Waals surface area contributed by atoms with Gasteiger partial charge >= 0.3 is 6.18 Å². The van der Waals surface area contributed by atoms with Gasteiger partial charge in [0.1, 0.15) is 0 Å². The van der Waals surface area contributed by atoms with Crippen molar-refractivity contribution < 1.29 is 18.0 Å². The van der Waals surface area contributed by atoms with E-state index in [-0.39, 0.29) is 5.69 Å². The van der Waals surface area contributed by atoms with Crippen LogP contribution in [0.25, 0.3) is 5.69 Å². The fourth-order valence-corrected chi connectivity index (χ4v) is 2.77. The Hall–Kier alpha value is -2.94. The van der Waals surface area contributed by atoms with Crippen molar-refractivity contribution in [2.24, 2.45) is 0 Å². The molecule has 144 valence electrons. The first-order valence-corrected chi connectivity index (χ1v) is 8.80. The highest BCUT2D eigenvalue weighted by Crippen LogP contribution is 2.30. The van der Waals surface area contributed by atoms with Gasteiger partial charge in [-0.05, 0) is 49.4 Å². The maximum Gasteiger partial charge on any atom is 0.416 e. The van der Waals surface area contributed by atoms with Gasteiger partial charge in [-0.15, -0.1) is 0 Å². The minimum Gasteiger partial charge on any atom is -0.320 e. The number of carbonyl (C=O) groups excluding carboxylic acids is 1. The second-order valence-electron chi connectivity index (χ2n) is 5.92. The van der Waals surface area contributed by atoms with E-state index in [0.29, 0.717) is 11.4 Å². The van der Waals surface area contributed by atoms with Crippen LogP contribution in [0.5, 0.6) is 0 Å². The van der Waals surface area contributed by atoms with Gasteiger partial charge in [-0.2, -0.15) is 18.3 Å². The van der Waals surface area contributed by atoms with E-state index in [1.165, 1.54) is 19.1 Å². The summed E-state index contributed by atoms with van der Waals surface area (Å²) in [5.41, 5.74) is -1.08. The second-order valence-corrected chi connectivity index (χ2v) is 6.84. The van der Waals surface area contributed by atoms with E-state index in [9.17, 15) is 22.8 Å². The van der Waals surface area contributed by atoms with E-state index < -0.39 is 28.8 Å². The molecule has 0 radical (unpaired) electrons. The Morgan fingerprint density at radius 1 is 1.11 bits per heavy atom. The zero-order valence-corrected chi connectivity index (χ0v) is 16.0. The molecule has 3 aromatic rings. The monoisotopic (exact) mass is 451 g/mol. The average Bonchev–Trinajstić information content (AvgIpc) is 2.63. The number of benzene rings is 2. The van der Waals surface area contributed by atoms with Crippen molar-refractivity contribution in [1.29, 1.82) is 0 Å². The molecule has 0 aliphatic heterocycles. The van der Waals surface area contributed by atoms with Gasteiger partial charge in [0.05, 0.1) is 11.3 Å². The molecule has 1 N–H and O–H groups in total.